The van der Waals surface area contributed by atoms with E-state index in [9.17, 15) is 9.59 Å². The first-order valence-electron chi connectivity index (χ1n) is 8.17. The molecular weight excluding hydrogens is 377 g/mol. The van der Waals surface area contributed by atoms with Crippen LogP contribution in [0.5, 0.6) is 11.5 Å². The molecule has 0 fully saturated rings. The number of hydrogen-bond donors (Lipinski definition) is 1. The predicted octanol–water partition coefficient (Wildman–Crippen LogP) is 4.51. The summed E-state index contributed by atoms with van der Waals surface area (Å²) < 4.78 is 10.6. The molecule has 0 spiro atoms. The second-order valence-corrected chi connectivity index (χ2v) is 6.10. The van der Waals surface area contributed by atoms with Crippen molar-refractivity contribution < 1.29 is 19.1 Å². The zero-order valence-corrected chi connectivity index (χ0v) is 15.8. The number of carbonyl (C=O) groups is 2. The number of esters is 1. The lowest BCUT2D eigenvalue weighted by Gasteiger charge is -2.10. The quantitative estimate of drug-likeness (QED) is 0.405. The van der Waals surface area contributed by atoms with Crippen LogP contribution in [0, 0.1) is 0 Å². The van der Waals surface area contributed by atoms with Gasteiger partial charge in [0.25, 0.3) is 5.91 Å². The van der Waals surface area contributed by atoms with Crippen molar-refractivity contribution in [1.29, 1.82) is 0 Å². The molecule has 7 heteroatoms. The third-order valence-electron chi connectivity index (χ3n) is 3.41. The minimum Gasteiger partial charge on any atom is -0.493 e. The van der Waals surface area contributed by atoms with E-state index < -0.39 is 5.97 Å². The number of nitrogens with one attached hydrogen (secondary N) is 1. The van der Waals surface area contributed by atoms with Crippen LogP contribution in [0.3, 0.4) is 0 Å². The molecule has 0 aromatic heterocycles. The Kier molecular flexibility index (Phi) is 7.75. The summed E-state index contributed by atoms with van der Waals surface area (Å²) in [7, 11) is 0. The molecule has 0 atom stereocenters. The standard InChI is InChI=1S/C19H19Cl2NO4/c1-2-25-15-9-4-3-7-13(15)19(24)22-12-6-11-17(23)26-16-10-5-8-14(20)18(16)21/h3-5,7-10H,2,6,11-12H2,1H3,(H,22,24). The highest BCUT2D eigenvalue weighted by molar-refractivity contribution is 6.43. The lowest BCUT2D eigenvalue weighted by Crippen LogP contribution is -2.25. The van der Waals surface area contributed by atoms with Gasteiger partial charge in [0.2, 0.25) is 0 Å². The number of halogens is 2. The lowest BCUT2D eigenvalue weighted by atomic mass is 10.2. The van der Waals surface area contributed by atoms with Crippen molar-refractivity contribution in [2.75, 3.05) is 13.2 Å². The highest BCUT2D eigenvalue weighted by atomic mass is 35.5. The van der Waals surface area contributed by atoms with Gasteiger partial charge in [-0.15, -0.1) is 0 Å². The van der Waals surface area contributed by atoms with E-state index in [2.05, 4.69) is 5.32 Å². The topological polar surface area (TPSA) is 64.6 Å². The number of para-hydroxylation sites is 1. The van der Waals surface area contributed by atoms with Gasteiger partial charge >= 0.3 is 5.97 Å². The molecule has 0 aliphatic rings. The third-order valence-corrected chi connectivity index (χ3v) is 4.22. The molecule has 0 saturated heterocycles. The fraction of sp³-hybridized carbons (Fsp3) is 0.263. The summed E-state index contributed by atoms with van der Waals surface area (Å²) in [4.78, 5) is 24.1. The van der Waals surface area contributed by atoms with Gasteiger partial charge in [0.1, 0.15) is 10.8 Å². The molecule has 26 heavy (non-hydrogen) atoms. The van der Waals surface area contributed by atoms with Crippen molar-refractivity contribution in [2.24, 2.45) is 0 Å². The van der Waals surface area contributed by atoms with E-state index in [1.807, 2.05) is 6.92 Å². The fourth-order valence-electron chi connectivity index (χ4n) is 2.20. The highest BCUT2D eigenvalue weighted by Gasteiger charge is 2.13. The SMILES string of the molecule is CCOc1ccccc1C(=O)NCCCC(=O)Oc1cccc(Cl)c1Cl. The van der Waals surface area contributed by atoms with Crippen molar-refractivity contribution in [1.82, 2.24) is 5.32 Å². The Morgan fingerprint density at radius 1 is 1.04 bits per heavy atom. The zero-order valence-electron chi connectivity index (χ0n) is 14.3. The predicted molar refractivity (Wildman–Crippen MR) is 101 cm³/mol. The number of amides is 1. The van der Waals surface area contributed by atoms with Gasteiger partial charge in [-0.2, -0.15) is 0 Å². The van der Waals surface area contributed by atoms with Gasteiger partial charge in [-0.1, -0.05) is 41.4 Å². The Bertz CT molecular complexity index is 780. The molecule has 2 aromatic rings. The Labute approximate surface area is 162 Å². The summed E-state index contributed by atoms with van der Waals surface area (Å²) in [6.07, 6.45) is 0.565. The fourth-order valence-corrected chi connectivity index (χ4v) is 2.53. The van der Waals surface area contributed by atoms with Gasteiger partial charge in [0, 0.05) is 13.0 Å². The maximum absolute atomic E-state index is 12.2. The van der Waals surface area contributed by atoms with Gasteiger partial charge in [0.15, 0.2) is 5.75 Å². The van der Waals surface area contributed by atoms with Crippen LogP contribution in [0.2, 0.25) is 10.0 Å². The van der Waals surface area contributed by atoms with Gasteiger partial charge < -0.3 is 14.8 Å². The van der Waals surface area contributed by atoms with Crippen molar-refractivity contribution in [3.8, 4) is 11.5 Å². The van der Waals surface area contributed by atoms with Crippen LogP contribution in [-0.2, 0) is 4.79 Å². The molecule has 2 rings (SSSR count). The molecular formula is C19H19Cl2NO4. The monoisotopic (exact) mass is 395 g/mol. The maximum atomic E-state index is 12.2. The molecule has 0 radical (unpaired) electrons. The summed E-state index contributed by atoms with van der Waals surface area (Å²) >= 11 is 11.8. The molecule has 0 unspecified atom stereocenters. The van der Waals surface area contributed by atoms with Crippen LogP contribution in [0.4, 0.5) is 0 Å². The largest absolute Gasteiger partial charge is 0.493 e. The van der Waals surface area contributed by atoms with E-state index in [0.29, 0.717) is 35.9 Å². The molecule has 0 aliphatic carbocycles. The third kappa shape index (κ3) is 5.64. The molecule has 0 aliphatic heterocycles. The van der Waals surface area contributed by atoms with Crippen molar-refractivity contribution in [2.45, 2.75) is 19.8 Å². The molecule has 2 aromatic carbocycles. The molecule has 138 valence electrons. The number of carbonyl (C=O) groups excluding carboxylic acids is 2. The summed E-state index contributed by atoms with van der Waals surface area (Å²) in [5.41, 5.74) is 0.461. The Balaban J connectivity index is 1.79. The van der Waals surface area contributed by atoms with Crippen molar-refractivity contribution in [3.63, 3.8) is 0 Å². The van der Waals surface area contributed by atoms with E-state index in [1.54, 1.807) is 42.5 Å². The van der Waals surface area contributed by atoms with E-state index in [-0.39, 0.29) is 23.1 Å². The van der Waals surface area contributed by atoms with Gasteiger partial charge in [-0.05, 0) is 37.6 Å². The lowest BCUT2D eigenvalue weighted by molar-refractivity contribution is -0.134. The van der Waals surface area contributed by atoms with Crippen LogP contribution in [-0.4, -0.2) is 25.0 Å². The Hall–Kier alpha value is -2.24. The van der Waals surface area contributed by atoms with Crippen LogP contribution < -0.4 is 14.8 Å². The van der Waals surface area contributed by atoms with E-state index in [0.717, 1.165) is 0 Å². The second-order valence-electron chi connectivity index (χ2n) is 5.31. The maximum Gasteiger partial charge on any atom is 0.311 e. The van der Waals surface area contributed by atoms with Crippen LogP contribution in [0.1, 0.15) is 30.1 Å². The number of benzene rings is 2. The smallest absolute Gasteiger partial charge is 0.311 e. The normalized spacial score (nSPS) is 10.3. The van der Waals surface area contributed by atoms with Crippen LogP contribution in [0.25, 0.3) is 0 Å². The zero-order chi connectivity index (χ0) is 18.9. The van der Waals surface area contributed by atoms with Gasteiger partial charge in [0.05, 0.1) is 17.2 Å². The molecule has 0 heterocycles. The molecule has 0 saturated carbocycles. The summed E-state index contributed by atoms with van der Waals surface area (Å²) in [5.74, 6) is 0.0554. The molecule has 5 nitrogen and oxygen atoms in total. The summed E-state index contributed by atoms with van der Waals surface area (Å²) in [5, 5.41) is 3.28. The van der Waals surface area contributed by atoms with Crippen molar-refractivity contribution >= 4 is 35.1 Å². The van der Waals surface area contributed by atoms with Crippen LogP contribution >= 0.6 is 23.2 Å². The van der Waals surface area contributed by atoms with E-state index in [1.165, 1.54) is 0 Å². The number of rotatable bonds is 8. The van der Waals surface area contributed by atoms with E-state index in [4.69, 9.17) is 32.7 Å². The van der Waals surface area contributed by atoms with Gasteiger partial charge in [-0.3, -0.25) is 9.59 Å². The minimum atomic E-state index is -0.446. The summed E-state index contributed by atoms with van der Waals surface area (Å²) in [6, 6.07) is 11.8. The minimum absolute atomic E-state index is 0.135. The number of hydrogen-bond acceptors (Lipinski definition) is 4. The molecule has 1 amide bonds. The first-order valence-corrected chi connectivity index (χ1v) is 8.93. The van der Waals surface area contributed by atoms with Gasteiger partial charge in [-0.25, -0.2) is 0 Å². The second kappa shape index (κ2) is 10.0. The first kappa shape index (κ1) is 20.1. The highest BCUT2D eigenvalue weighted by Crippen LogP contribution is 2.31. The van der Waals surface area contributed by atoms with Crippen LogP contribution in [0.15, 0.2) is 42.5 Å². The average molecular weight is 396 g/mol. The summed E-state index contributed by atoms with van der Waals surface area (Å²) in [6.45, 7) is 2.66. The Morgan fingerprint density at radius 3 is 2.54 bits per heavy atom. The van der Waals surface area contributed by atoms with Crippen molar-refractivity contribution in [3.05, 3.63) is 58.1 Å². The Morgan fingerprint density at radius 2 is 1.77 bits per heavy atom. The molecule has 0 bridgehead atoms. The van der Waals surface area contributed by atoms with E-state index >= 15 is 0 Å². The first-order chi connectivity index (χ1) is 12.5. The average Bonchev–Trinajstić information content (AvgIpc) is 2.63. The number of ether oxygens (including phenoxy) is 2. The molecule has 1 N–H and O–H groups in total.